The van der Waals surface area contributed by atoms with Gasteiger partial charge in [0.2, 0.25) is 0 Å². The molecule has 0 saturated heterocycles. The highest BCUT2D eigenvalue weighted by atomic mass is 19.4. The molecule has 8 rings (SSSR count). The number of para-hydroxylation sites is 2. The van der Waals surface area contributed by atoms with E-state index in [9.17, 15) is 18.4 Å². The van der Waals surface area contributed by atoms with Gasteiger partial charge in [-0.3, -0.25) is 4.98 Å². The summed E-state index contributed by atoms with van der Waals surface area (Å²) in [6.45, 7) is 2.07. The van der Waals surface area contributed by atoms with Crippen LogP contribution in [0.25, 0.3) is 66.2 Å². The number of hydrogen-bond donors (Lipinski definition) is 0. The summed E-state index contributed by atoms with van der Waals surface area (Å²) in [7, 11) is 0. The number of rotatable bonds is 3. The predicted octanol–water partition coefficient (Wildman–Crippen LogP) is 10.1. The standard InChI is InChI=1S/C38H23F3N4/c1-23-12-15-33-28(19-23)26-7-2-4-9-31(26)44(33)35-16-13-24(22-42)20-30(35)37-36(11-6-18-43-37)45-32-10-5-3-8-27(32)29-21-25(38(39,40)41)14-17-34(29)45/h2-21H,1H3. The highest BCUT2D eigenvalue weighted by Crippen LogP contribution is 2.41. The molecule has 0 aliphatic heterocycles. The average Bonchev–Trinajstić information content (AvgIpc) is 3.56. The number of alkyl halides is 3. The van der Waals surface area contributed by atoms with E-state index in [1.165, 1.54) is 12.1 Å². The number of halogens is 3. The Morgan fingerprint density at radius 3 is 1.93 bits per heavy atom. The summed E-state index contributed by atoms with van der Waals surface area (Å²) in [4.78, 5) is 4.87. The number of nitrogens with zero attached hydrogens (tertiary/aromatic N) is 4. The van der Waals surface area contributed by atoms with Gasteiger partial charge in [-0.05, 0) is 79.7 Å². The molecule has 0 amide bonds. The number of aromatic nitrogens is 3. The van der Waals surface area contributed by atoms with Crippen molar-refractivity contribution in [2.75, 3.05) is 0 Å². The number of aryl methyl sites for hydroxylation is 1. The van der Waals surface area contributed by atoms with Crippen molar-refractivity contribution in [1.29, 1.82) is 5.26 Å². The van der Waals surface area contributed by atoms with Gasteiger partial charge in [0.25, 0.3) is 0 Å². The summed E-state index contributed by atoms with van der Waals surface area (Å²) in [5.41, 5.74) is 7.19. The first kappa shape index (κ1) is 26.7. The summed E-state index contributed by atoms with van der Waals surface area (Å²) in [5, 5.41) is 13.4. The first-order valence-corrected chi connectivity index (χ1v) is 14.4. The number of fused-ring (bicyclic) bond motifs is 6. The molecule has 0 aliphatic rings. The molecule has 216 valence electrons. The molecule has 4 nitrogen and oxygen atoms in total. The zero-order valence-electron chi connectivity index (χ0n) is 24.0. The lowest BCUT2D eigenvalue weighted by Gasteiger charge is -2.18. The van der Waals surface area contributed by atoms with Crippen LogP contribution < -0.4 is 0 Å². The monoisotopic (exact) mass is 592 g/mol. The van der Waals surface area contributed by atoms with Crippen LogP contribution in [0.3, 0.4) is 0 Å². The molecule has 0 radical (unpaired) electrons. The van der Waals surface area contributed by atoms with Crippen LogP contribution in [0.4, 0.5) is 13.2 Å². The van der Waals surface area contributed by atoms with Crippen LogP contribution in [-0.2, 0) is 6.18 Å². The Hall–Kier alpha value is -5.87. The lowest BCUT2D eigenvalue weighted by atomic mass is 10.0. The maximum atomic E-state index is 13.8. The number of benzene rings is 5. The van der Waals surface area contributed by atoms with Gasteiger partial charge >= 0.3 is 6.18 Å². The van der Waals surface area contributed by atoms with Gasteiger partial charge in [0.15, 0.2) is 0 Å². The Balaban J connectivity index is 1.46. The van der Waals surface area contributed by atoms with E-state index < -0.39 is 11.7 Å². The SMILES string of the molecule is Cc1ccc2c(c1)c1ccccc1n2-c1ccc(C#N)cc1-c1ncccc1-n1c2ccccc2c2cc(C(F)(F)F)ccc21. The van der Waals surface area contributed by atoms with E-state index in [0.717, 1.165) is 50.2 Å². The van der Waals surface area contributed by atoms with Gasteiger partial charge in [0.1, 0.15) is 0 Å². The molecule has 0 fully saturated rings. The second kappa shape index (κ2) is 9.83. The minimum absolute atomic E-state index is 0.471. The molecule has 0 aliphatic carbocycles. The van der Waals surface area contributed by atoms with E-state index >= 15 is 0 Å². The van der Waals surface area contributed by atoms with Crippen molar-refractivity contribution in [2.45, 2.75) is 13.1 Å². The second-order valence-electron chi connectivity index (χ2n) is 11.2. The maximum absolute atomic E-state index is 13.8. The van der Waals surface area contributed by atoms with Crippen molar-refractivity contribution < 1.29 is 13.2 Å². The predicted molar refractivity (Wildman–Crippen MR) is 173 cm³/mol. The van der Waals surface area contributed by atoms with Crippen molar-refractivity contribution in [3.05, 3.63) is 138 Å². The largest absolute Gasteiger partial charge is 0.416 e. The molecule has 0 N–H and O–H groups in total. The van der Waals surface area contributed by atoms with E-state index in [2.05, 4.69) is 47.9 Å². The normalized spacial score (nSPS) is 12.0. The van der Waals surface area contributed by atoms with E-state index in [-0.39, 0.29) is 0 Å². The number of hydrogen-bond acceptors (Lipinski definition) is 2. The Morgan fingerprint density at radius 1 is 0.622 bits per heavy atom. The van der Waals surface area contributed by atoms with Gasteiger partial charge in [-0.1, -0.05) is 48.0 Å². The Morgan fingerprint density at radius 2 is 1.24 bits per heavy atom. The summed E-state index contributed by atoms with van der Waals surface area (Å²) in [6.07, 6.45) is -2.77. The van der Waals surface area contributed by atoms with Crippen LogP contribution in [0.1, 0.15) is 16.7 Å². The zero-order valence-corrected chi connectivity index (χ0v) is 24.0. The Labute approximate surface area is 255 Å². The minimum atomic E-state index is -4.47. The van der Waals surface area contributed by atoms with E-state index in [0.29, 0.717) is 33.2 Å². The molecule has 0 saturated carbocycles. The molecule has 0 unspecified atom stereocenters. The fourth-order valence-electron chi connectivity index (χ4n) is 6.53. The van der Waals surface area contributed by atoms with Crippen LogP contribution in [0, 0.1) is 18.3 Å². The molecule has 0 atom stereocenters. The van der Waals surface area contributed by atoms with Crippen molar-refractivity contribution in [3.63, 3.8) is 0 Å². The van der Waals surface area contributed by atoms with Crippen molar-refractivity contribution >= 4 is 43.6 Å². The summed E-state index contributed by atoms with van der Waals surface area (Å²) >= 11 is 0. The van der Waals surface area contributed by atoms with Gasteiger partial charge in [0.05, 0.1) is 56.3 Å². The Kier molecular flexibility index (Phi) is 5.84. The number of nitriles is 1. The lowest BCUT2D eigenvalue weighted by Crippen LogP contribution is -2.05. The van der Waals surface area contributed by atoms with Gasteiger partial charge in [-0.15, -0.1) is 0 Å². The molecule has 3 heterocycles. The van der Waals surface area contributed by atoms with Crippen LogP contribution >= 0.6 is 0 Å². The van der Waals surface area contributed by atoms with E-state index in [4.69, 9.17) is 4.98 Å². The lowest BCUT2D eigenvalue weighted by molar-refractivity contribution is -0.137. The zero-order chi connectivity index (χ0) is 30.9. The van der Waals surface area contributed by atoms with Crippen molar-refractivity contribution in [1.82, 2.24) is 14.1 Å². The summed E-state index contributed by atoms with van der Waals surface area (Å²) in [5.74, 6) is 0. The van der Waals surface area contributed by atoms with Crippen LogP contribution in [0.5, 0.6) is 0 Å². The molecule has 0 spiro atoms. The van der Waals surface area contributed by atoms with Crippen molar-refractivity contribution in [2.24, 2.45) is 0 Å². The average molecular weight is 593 g/mol. The third-order valence-corrected chi connectivity index (χ3v) is 8.48. The number of pyridine rings is 1. The molecule has 45 heavy (non-hydrogen) atoms. The van der Waals surface area contributed by atoms with E-state index in [1.54, 1.807) is 12.3 Å². The topological polar surface area (TPSA) is 46.5 Å². The molecule has 8 aromatic rings. The van der Waals surface area contributed by atoms with Crippen molar-refractivity contribution in [3.8, 4) is 28.7 Å². The minimum Gasteiger partial charge on any atom is -0.309 e. The summed E-state index contributed by atoms with van der Waals surface area (Å²) < 4.78 is 45.5. The van der Waals surface area contributed by atoms with Gasteiger partial charge < -0.3 is 9.13 Å². The van der Waals surface area contributed by atoms with Gasteiger partial charge in [-0.25, -0.2) is 0 Å². The third-order valence-electron chi connectivity index (χ3n) is 8.48. The Bertz CT molecular complexity index is 2510. The smallest absolute Gasteiger partial charge is 0.309 e. The summed E-state index contributed by atoms with van der Waals surface area (Å²) in [6, 6.07) is 37.5. The maximum Gasteiger partial charge on any atom is 0.416 e. The highest BCUT2D eigenvalue weighted by Gasteiger charge is 2.31. The van der Waals surface area contributed by atoms with Crippen LogP contribution in [0.2, 0.25) is 0 Å². The van der Waals surface area contributed by atoms with Gasteiger partial charge in [-0.2, -0.15) is 18.4 Å². The quantitative estimate of drug-likeness (QED) is 0.205. The molecular formula is C38H23F3N4. The van der Waals surface area contributed by atoms with Crippen LogP contribution in [-0.4, -0.2) is 14.1 Å². The molecular weight excluding hydrogens is 569 g/mol. The molecule has 0 bridgehead atoms. The first-order chi connectivity index (χ1) is 21.8. The highest BCUT2D eigenvalue weighted by molar-refractivity contribution is 6.11. The fourth-order valence-corrected chi connectivity index (χ4v) is 6.53. The fraction of sp³-hybridized carbons (Fsp3) is 0.0526. The first-order valence-electron chi connectivity index (χ1n) is 14.4. The molecule has 7 heteroatoms. The van der Waals surface area contributed by atoms with Crippen LogP contribution in [0.15, 0.2) is 121 Å². The van der Waals surface area contributed by atoms with Gasteiger partial charge in [0, 0.05) is 33.3 Å². The second-order valence-corrected chi connectivity index (χ2v) is 11.2. The molecule has 3 aromatic heterocycles. The van der Waals surface area contributed by atoms with E-state index in [1.807, 2.05) is 65.2 Å². The third kappa shape index (κ3) is 4.10. The molecule has 5 aromatic carbocycles.